The zero-order chi connectivity index (χ0) is 16.9. The highest BCUT2D eigenvalue weighted by molar-refractivity contribution is 7.89. The van der Waals surface area contributed by atoms with Crippen molar-refractivity contribution in [2.24, 2.45) is 0 Å². The quantitative estimate of drug-likeness (QED) is 0.715. The number of hydrogen-bond acceptors (Lipinski definition) is 5. The fourth-order valence-electron chi connectivity index (χ4n) is 2.89. The van der Waals surface area contributed by atoms with E-state index < -0.39 is 10.0 Å². The summed E-state index contributed by atoms with van der Waals surface area (Å²) in [5.74, 6) is 0.654. The number of benzene rings is 1. The Balaban J connectivity index is 2.10. The van der Waals surface area contributed by atoms with Crippen molar-refractivity contribution in [2.45, 2.75) is 23.8 Å². The van der Waals surface area contributed by atoms with E-state index in [-0.39, 0.29) is 6.04 Å². The first kappa shape index (κ1) is 18.2. The van der Waals surface area contributed by atoms with E-state index in [1.165, 1.54) is 0 Å². The minimum atomic E-state index is -3.46. The molecule has 0 spiro atoms. The second-order valence-electron chi connectivity index (χ2n) is 5.84. The van der Waals surface area contributed by atoms with E-state index in [9.17, 15) is 8.42 Å². The molecular formula is C16H26N2O4S. The largest absolute Gasteiger partial charge is 0.497 e. The highest BCUT2D eigenvalue weighted by Gasteiger charge is 2.35. The van der Waals surface area contributed by atoms with Gasteiger partial charge in [-0.3, -0.25) is 0 Å². The maximum atomic E-state index is 12.9. The molecule has 23 heavy (non-hydrogen) atoms. The fourth-order valence-corrected chi connectivity index (χ4v) is 4.57. The van der Waals surface area contributed by atoms with Gasteiger partial charge in [-0.1, -0.05) is 0 Å². The van der Waals surface area contributed by atoms with Gasteiger partial charge >= 0.3 is 0 Å². The Morgan fingerprint density at radius 2 is 1.96 bits per heavy atom. The zero-order valence-corrected chi connectivity index (χ0v) is 14.9. The first-order valence-corrected chi connectivity index (χ1v) is 9.26. The Hall–Kier alpha value is -1.15. The first-order valence-electron chi connectivity index (χ1n) is 7.82. The Kier molecular flexibility index (Phi) is 6.41. The van der Waals surface area contributed by atoms with E-state index in [1.807, 2.05) is 7.05 Å². The summed E-state index contributed by atoms with van der Waals surface area (Å²) in [5.41, 5.74) is 0. The second-order valence-corrected chi connectivity index (χ2v) is 7.73. The van der Waals surface area contributed by atoms with Crippen molar-refractivity contribution in [3.05, 3.63) is 24.3 Å². The van der Waals surface area contributed by atoms with E-state index in [0.29, 0.717) is 23.8 Å². The summed E-state index contributed by atoms with van der Waals surface area (Å²) in [4.78, 5) is 2.44. The number of likely N-dealkylation sites (N-methyl/N-ethyl adjacent to an activating group) is 1. The molecule has 1 aromatic carbocycles. The molecule has 1 saturated heterocycles. The molecular weight excluding hydrogens is 316 g/mol. The predicted molar refractivity (Wildman–Crippen MR) is 89.3 cm³/mol. The van der Waals surface area contributed by atoms with Crippen LogP contribution in [0.2, 0.25) is 0 Å². The number of ether oxygens (including phenoxy) is 2. The topological polar surface area (TPSA) is 59.1 Å². The van der Waals surface area contributed by atoms with Gasteiger partial charge in [0, 0.05) is 32.8 Å². The minimum Gasteiger partial charge on any atom is -0.497 e. The van der Waals surface area contributed by atoms with Gasteiger partial charge in [0.15, 0.2) is 0 Å². The van der Waals surface area contributed by atoms with Crippen LogP contribution < -0.4 is 4.74 Å². The average Bonchev–Trinajstić information content (AvgIpc) is 3.01. The Morgan fingerprint density at radius 3 is 2.57 bits per heavy atom. The number of methoxy groups -OCH3 is 2. The van der Waals surface area contributed by atoms with Crippen molar-refractivity contribution >= 4 is 10.0 Å². The maximum Gasteiger partial charge on any atom is 0.243 e. The first-order chi connectivity index (χ1) is 11.0. The van der Waals surface area contributed by atoms with Crippen LogP contribution in [0.15, 0.2) is 29.2 Å². The van der Waals surface area contributed by atoms with E-state index >= 15 is 0 Å². The molecule has 0 bridgehead atoms. The van der Waals surface area contributed by atoms with Crippen LogP contribution in [0, 0.1) is 0 Å². The molecule has 1 aliphatic rings. The maximum absolute atomic E-state index is 12.9. The lowest BCUT2D eigenvalue weighted by molar-refractivity contribution is 0.151. The standard InChI is InChI=1S/C16H26N2O4S/c1-17(11-12-21-2)13-14-5-4-10-18(14)23(19,20)16-8-6-15(22-3)7-9-16/h6-9,14H,4-5,10-13H2,1-3H3. The molecule has 0 N–H and O–H groups in total. The van der Waals surface area contributed by atoms with Crippen molar-refractivity contribution in [2.75, 3.05) is 47.5 Å². The molecule has 1 fully saturated rings. The summed E-state index contributed by atoms with van der Waals surface area (Å²) in [5, 5.41) is 0. The van der Waals surface area contributed by atoms with Crippen molar-refractivity contribution in [3.8, 4) is 5.75 Å². The molecule has 0 aliphatic carbocycles. The van der Waals surface area contributed by atoms with E-state index in [1.54, 1.807) is 42.8 Å². The normalized spacial score (nSPS) is 19.4. The number of hydrogen-bond donors (Lipinski definition) is 0. The van der Waals surface area contributed by atoms with Crippen LogP contribution in [0.25, 0.3) is 0 Å². The third kappa shape index (κ3) is 4.44. The van der Waals surface area contributed by atoms with Gasteiger partial charge < -0.3 is 14.4 Å². The summed E-state index contributed by atoms with van der Waals surface area (Å²) >= 11 is 0. The molecule has 0 radical (unpaired) electrons. The van der Waals surface area contributed by atoms with Gasteiger partial charge in [0.25, 0.3) is 0 Å². The average molecular weight is 342 g/mol. The predicted octanol–water partition coefficient (Wildman–Crippen LogP) is 1.43. The van der Waals surface area contributed by atoms with Gasteiger partial charge in [0.2, 0.25) is 10.0 Å². The Labute approximate surface area is 139 Å². The van der Waals surface area contributed by atoms with Gasteiger partial charge in [-0.05, 0) is 44.2 Å². The molecule has 6 nitrogen and oxygen atoms in total. The monoisotopic (exact) mass is 342 g/mol. The molecule has 1 unspecified atom stereocenters. The molecule has 1 heterocycles. The molecule has 0 saturated carbocycles. The van der Waals surface area contributed by atoms with Gasteiger partial charge in [-0.15, -0.1) is 0 Å². The highest BCUT2D eigenvalue weighted by atomic mass is 32.2. The van der Waals surface area contributed by atoms with E-state index in [2.05, 4.69) is 4.90 Å². The smallest absolute Gasteiger partial charge is 0.243 e. The van der Waals surface area contributed by atoms with Crippen molar-refractivity contribution in [1.82, 2.24) is 9.21 Å². The van der Waals surface area contributed by atoms with Gasteiger partial charge in [-0.25, -0.2) is 8.42 Å². The Bertz CT molecular complexity index is 589. The second kappa shape index (κ2) is 8.10. The van der Waals surface area contributed by atoms with E-state index in [4.69, 9.17) is 9.47 Å². The molecule has 0 aromatic heterocycles. The highest BCUT2D eigenvalue weighted by Crippen LogP contribution is 2.27. The number of sulfonamides is 1. The molecule has 1 atom stereocenters. The van der Waals surface area contributed by atoms with Crippen LogP contribution in [-0.2, 0) is 14.8 Å². The Morgan fingerprint density at radius 1 is 1.26 bits per heavy atom. The molecule has 2 rings (SSSR count). The molecule has 7 heteroatoms. The summed E-state index contributed by atoms with van der Waals surface area (Å²) in [6.07, 6.45) is 1.80. The lowest BCUT2D eigenvalue weighted by Gasteiger charge is -2.28. The van der Waals surface area contributed by atoms with Crippen LogP contribution >= 0.6 is 0 Å². The van der Waals surface area contributed by atoms with E-state index in [0.717, 1.165) is 25.9 Å². The lowest BCUT2D eigenvalue weighted by atomic mass is 10.2. The zero-order valence-electron chi connectivity index (χ0n) is 14.1. The van der Waals surface area contributed by atoms with Crippen molar-refractivity contribution < 1.29 is 17.9 Å². The van der Waals surface area contributed by atoms with Crippen molar-refractivity contribution in [1.29, 1.82) is 0 Å². The summed E-state index contributed by atoms with van der Waals surface area (Å²) in [6.45, 7) is 2.74. The van der Waals surface area contributed by atoms with Crippen LogP contribution in [0.4, 0.5) is 0 Å². The van der Waals surface area contributed by atoms with Crippen LogP contribution in [0.5, 0.6) is 5.75 Å². The molecule has 130 valence electrons. The molecule has 0 amide bonds. The van der Waals surface area contributed by atoms with Gasteiger partial charge in [0.1, 0.15) is 5.75 Å². The summed E-state index contributed by atoms with van der Waals surface area (Å²) < 4.78 is 37.6. The third-order valence-electron chi connectivity index (χ3n) is 4.19. The van der Waals surface area contributed by atoms with Crippen LogP contribution in [0.3, 0.4) is 0 Å². The molecule has 1 aliphatic heterocycles. The van der Waals surface area contributed by atoms with Crippen LogP contribution in [0.1, 0.15) is 12.8 Å². The fraction of sp³-hybridized carbons (Fsp3) is 0.625. The summed E-state index contributed by atoms with van der Waals surface area (Å²) in [6, 6.07) is 6.60. The third-order valence-corrected chi connectivity index (χ3v) is 6.15. The number of nitrogens with zero attached hydrogens (tertiary/aromatic N) is 2. The SMILES string of the molecule is COCCN(C)CC1CCCN1S(=O)(=O)c1ccc(OC)cc1. The summed E-state index contributed by atoms with van der Waals surface area (Å²) in [7, 11) is 1.77. The minimum absolute atomic E-state index is 0.0176. The molecule has 1 aromatic rings. The van der Waals surface area contributed by atoms with Crippen LogP contribution in [-0.4, -0.2) is 71.2 Å². The van der Waals surface area contributed by atoms with Gasteiger partial charge in [0.05, 0.1) is 18.6 Å². The van der Waals surface area contributed by atoms with Crippen molar-refractivity contribution in [3.63, 3.8) is 0 Å². The van der Waals surface area contributed by atoms with Gasteiger partial charge in [-0.2, -0.15) is 4.31 Å². The number of rotatable bonds is 8. The lowest BCUT2D eigenvalue weighted by Crippen LogP contribution is -2.42.